The van der Waals surface area contributed by atoms with Crippen molar-refractivity contribution < 1.29 is 18.8 Å². The molecule has 1 aromatic carbocycles. The lowest BCUT2D eigenvalue weighted by Gasteiger charge is -2.30. The Balaban J connectivity index is 1.81. The molecule has 0 atom stereocenters. The van der Waals surface area contributed by atoms with Crippen molar-refractivity contribution in [2.75, 3.05) is 18.6 Å². The highest BCUT2D eigenvalue weighted by Crippen LogP contribution is 2.31. The van der Waals surface area contributed by atoms with Gasteiger partial charge in [-0.25, -0.2) is 4.79 Å². The number of aryl methyl sites for hydroxylation is 2. The fraction of sp³-hybridized carbons (Fsp3) is 0.421. The quantitative estimate of drug-likeness (QED) is 0.799. The Morgan fingerprint density at radius 3 is 2.80 bits per heavy atom. The van der Waals surface area contributed by atoms with E-state index in [1.807, 2.05) is 19.9 Å². The molecule has 0 fully saturated rings. The number of rotatable bonds is 4. The van der Waals surface area contributed by atoms with Crippen molar-refractivity contribution in [3.05, 3.63) is 46.3 Å². The number of carbonyl (C=O) groups is 2. The van der Waals surface area contributed by atoms with Crippen LogP contribution in [-0.4, -0.2) is 30.7 Å². The van der Waals surface area contributed by atoms with E-state index in [0.717, 1.165) is 41.1 Å². The summed E-state index contributed by atoms with van der Waals surface area (Å²) in [6.45, 7) is 4.41. The van der Waals surface area contributed by atoms with E-state index < -0.39 is 0 Å². The smallest absolute Gasteiger partial charge is 0.338 e. The van der Waals surface area contributed by atoms with Gasteiger partial charge in [-0.15, -0.1) is 0 Å². The van der Waals surface area contributed by atoms with Crippen LogP contribution in [0.25, 0.3) is 0 Å². The minimum absolute atomic E-state index is 0.0444. The van der Waals surface area contributed by atoms with Crippen molar-refractivity contribution in [2.24, 2.45) is 0 Å². The van der Waals surface area contributed by atoms with Crippen molar-refractivity contribution in [2.45, 2.75) is 39.5 Å². The van der Waals surface area contributed by atoms with E-state index in [-0.39, 0.29) is 11.9 Å². The summed E-state index contributed by atoms with van der Waals surface area (Å²) in [5.74, 6) is 0.446. The minimum Gasteiger partial charge on any atom is -0.465 e. The zero-order valence-corrected chi connectivity index (χ0v) is 14.8. The van der Waals surface area contributed by atoms with Gasteiger partial charge in [0.1, 0.15) is 5.76 Å². The van der Waals surface area contributed by atoms with Crippen LogP contribution in [0.2, 0.25) is 0 Å². The van der Waals surface area contributed by atoms with Crippen LogP contribution in [0, 0.1) is 13.8 Å². The Labute approximate surface area is 146 Å². The van der Waals surface area contributed by atoms with Crippen molar-refractivity contribution in [3.63, 3.8) is 0 Å². The molecule has 3 rings (SSSR count). The normalized spacial score (nSPS) is 13.5. The van der Waals surface area contributed by atoms with Crippen molar-refractivity contribution >= 4 is 17.6 Å². The number of methoxy groups -OCH3 is 1. The fourth-order valence-electron chi connectivity index (χ4n) is 3.41. The molecule has 1 aliphatic heterocycles. The predicted molar refractivity (Wildman–Crippen MR) is 92.8 cm³/mol. The van der Waals surface area contributed by atoms with Crippen LogP contribution in [0.15, 0.2) is 22.7 Å². The van der Waals surface area contributed by atoms with Gasteiger partial charge in [-0.1, -0.05) is 11.2 Å². The van der Waals surface area contributed by atoms with Crippen LogP contribution in [0.1, 0.15) is 45.8 Å². The SMILES string of the molecule is COC(=O)c1cccc2c1CCCN2C(=O)CCc1c(C)noc1C. The van der Waals surface area contributed by atoms with Crippen LogP contribution >= 0.6 is 0 Å². The molecule has 1 aliphatic rings. The molecular formula is C19H22N2O4. The zero-order chi connectivity index (χ0) is 18.0. The lowest BCUT2D eigenvalue weighted by atomic mass is 9.95. The number of fused-ring (bicyclic) bond motifs is 1. The van der Waals surface area contributed by atoms with Gasteiger partial charge >= 0.3 is 5.97 Å². The largest absolute Gasteiger partial charge is 0.465 e. The van der Waals surface area contributed by atoms with Crippen LogP contribution in [0.3, 0.4) is 0 Å². The molecule has 1 aromatic heterocycles. The van der Waals surface area contributed by atoms with E-state index in [2.05, 4.69) is 5.16 Å². The van der Waals surface area contributed by atoms with Gasteiger partial charge in [-0.3, -0.25) is 4.79 Å². The lowest BCUT2D eigenvalue weighted by molar-refractivity contribution is -0.118. The summed E-state index contributed by atoms with van der Waals surface area (Å²) in [5, 5.41) is 3.93. The summed E-state index contributed by atoms with van der Waals surface area (Å²) >= 11 is 0. The maximum absolute atomic E-state index is 12.8. The molecule has 0 spiro atoms. The standard InChI is InChI=1S/C19H22N2O4/c1-12-14(13(2)25-20-12)9-10-18(22)21-11-5-7-15-16(19(23)24-3)6-4-8-17(15)21/h4,6,8H,5,7,9-11H2,1-3H3. The van der Waals surface area contributed by atoms with E-state index >= 15 is 0 Å². The molecule has 0 saturated heterocycles. The number of carbonyl (C=O) groups excluding carboxylic acids is 2. The summed E-state index contributed by atoms with van der Waals surface area (Å²) in [6, 6.07) is 5.45. The van der Waals surface area contributed by atoms with E-state index in [0.29, 0.717) is 24.9 Å². The Morgan fingerprint density at radius 2 is 2.12 bits per heavy atom. The summed E-state index contributed by atoms with van der Waals surface area (Å²) in [5.41, 5.74) is 4.08. The van der Waals surface area contributed by atoms with Crippen molar-refractivity contribution in [1.29, 1.82) is 0 Å². The molecule has 6 heteroatoms. The fourth-order valence-corrected chi connectivity index (χ4v) is 3.41. The molecular weight excluding hydrogens is 320 g/mol. The summed E-state index contributed by atoms with van der Waals surface area (Å²) in [6.07, 6.45) is 2.58. The molecule has 25 heavy (non-hydrogen) atoms. The van der Waals surface area contributed by atoms with Gasteiger partial charge in [0.2, 0.25) is 5.91 Å². The van der Waals surface area contributed by atoms with Gasteiger partial charge in [0, 0.05) is 24.2 Å². The van der Waals surface area contributed by atoms with Gasteiger partial charge < -0.3 is 14.2 Å². The second-order valence-corrected chi connectivity index (χ2v) is 6.25. The molecule has 0 unspecified atom stereocenters. The minimum atomic E-state index is -0.359. The number of esters is 1. The summed E-state index contributed by atoms with van der Waals surface area (Å²) in [4.78, 5) is 26.5. The third kappa shape index (κ3) is 3.29. The second kappa shape index (κ2) is 7.09. The molecule has 1 amide bonds. The lowest BCUT2D eigenvalue weighted by Crippen LogP contribution is -2.36. The predicted octanol–water partition coefficient (Wildman–Crippen LogP) is 2.99. The van der Waals surface area contributed by atoms with E-state index in [9.17, 15) is 9.59 Å². The zero-order valence-electron chi connectivity index (χ0n) is 14.8. The number of ether oxygens (including phenoxy) is 1. The maximum atomic E-state index is 12.8. The molecule has 0 aliphatic carbocycles. The van der Waals surface area contributed by atoms with Crippen LogP contribution < -0.4 is 4.90 Å². The molecule has 2 aromatic rings. The topological polar surface area (TPSA) is 72.6 Å². The highest BCUT2D eigenvalue weighted by molar-refractivity contribution is 5.98. The first-order valence-corrected chi connectivity index (χ1v) is 8.45. The third-order valence-corrected chi connectivity index (χ3v) is 4.73. The average Bonchev–Trinajstić information content (AvgIpc) is 2.95. The maximum Gasteiger partial charge on any atom is 0.338 e. The molecule has 0 saturated carbocycles. The highest BCUT2D eigenvalue weighted by Gasteiger charge is 2.26. The molecule has 6 nitrogen and oxygen atoms in total. The number of amides is 1. The Kier molecular flexibility index (Phi) is 4.88. The van der Waals surface area contributed by atoms with Gasteiger partial charge in [0.05, 0.1) is 18.4 Å². The van der Waals surface area contributed by atoms with Crippen LogP contribution in [-0.2, 0) is 22.4 Å². The number of hydrogen-bond acceptors (Lipinski definition) is 5. The highest BCUT2D eigenvalue weighted by atomic mass is 16.5. The number of nitrogens with zero attached hydrogens (tertiary/aromatic N) is 2. The Hall–Kier alpha value is -2.63. The number of benzene rings is 1. The molecule has 0 N–H and O–H groups in total. The van der Waals surface area contributed by atoms with E-state index in [1.165, 1.54) is 7.11 Å². The van der Waals surface area contributed by atoms with Crippen molar-refractivity contribution in [1.82, 2.24) is 5.16 Å². The molecule has 132 valence electrons. The Bertz CT molecular complexity index is 790. The van der Waals surface area contributed by atoms with Crippen molar-refractivity contribution in [3.8, 4) is 0 Å². The molecule has 0 bridgehead atoms. The van der Waals surface area contributed by atoms with E-state index in [1.54, 1.807) is 17.0 Å². The van der Waals surface area contributed by atoms with Gasteiger partial charge in [-0.2, -0.15) is 0 Å². The first kappa shape index (κ1) is 17.2. The third-order valence-electron chi connectivity index (χ3n) is 4.73. The van der Waals surface area contributed by atoms with Gasteiger partial charge in [0.15, 0.2) is 0 Å². The summed E-state index contributed by atoms with van der Waals surface area (Å²) in [7, 11) is 1.37. The van der Waals surface area contributed by atoms with Crippen LogP contribution in [0.4, 0.5) is 5.69 Å². The average molecular weight is 342 g/mol. The second-order valence-electron chi connectivity index (χ2n) is 6.25. The first-order valence-electron chi connectivity index (χ1n) is 8.45. The monoisotopic (exact) mass is 342 g/mol. The van der Waals surface area contributed by atoms with Gasteiger partial charge in [0.25, 0.3) is 0 Å². The molecule has 2 heterocycles. The molecule has 0 radical (unpaired) electrons. The first-order chi connectivity index (χ1) is 12.0. The summed E-state index contributed by atoms with van der Waals surface area (Å²) < 4.78 is 10.0. The number of aromatic nitrogens is 1. The number of anilines is 1. The Morgan fingerprint density at radius 1 is 1.32 bits per heavy atom. The van der Waals surface area contributed by atoms with Gasteiger partial charge in [-0.05, 0) is 50.8 Å². The van der Waals surface area contributed by atoms with Crippen LogP contribution in [0.5, 0.6) is 0 Å². The number of hydrogen-bond donors (Lipinski definition) is 0. The van der Waals surface area contributed by atoms with E-state index in [4.69, 9.17) is 9.26 Å².